The van der Waals surface area contributed by atoms with E-state index in [9.17, 15) is 10.2 Å². The number of nitrogens with zero attached hydrogens (tertiary/aromatic N) is 1. The maximum atomic E-state index is 11.1. The van der Waals surface area contributed by atoms with E-state index >= 15 is 0 Å². The van der Waals surface area contributed by atoms with E-state index in [0.717, 1.165) is 37.1 Å². The van der Waals surface area contributed by atoms with Gasteiger partial charge in [0, 0.05) is 24.1 Å². The summed E-state index contributed by atoms with van der Waals surface area (Å²) >= 11 is 0. The molecule has 10 atom stereocenters. The van der Waals surface area contributed by atoms with Crippen LogP contribution in [0.4, 0.5) is 0 Å². The van der Waals surface area contributed by atoms with Gasteiger partial charge in [-0.3, -0.25) is 4.99 Å². The normalized spacial score (nSPS) is 51.9. The molecule has 0 amide bonds. The summed E-state index contributed by atoms with van der Waals surface area (Å²) in [7, 11) is 0. The fourth-order valence-electron chi connectivity index (χ4n) is 9.00. The Morgan fingerprint density at radius 1 is 1.10 bits per heavy atom. The molecule has 3 fully saturated rings. The molecule has 0 radical (unpaired) electrons. The van der Waals surface area contributed by atoms with Gasteiger partial charge in [-0.15, -0.1) is 0 Å². The van der Waals surface area contributed by atoms with Crippen LogP contribution in [-0.2, 0) is 0 Å². The van der Waals surface area contributed by atoms with E-state index in [-0.39, 0.29) is 17.6 Å². The van der Waals surface area contributed by atoms with Crippen LogP contribution in [0.3, 0.4) is 0 Å². The third-order valence-electron chi connectivity index (χ3n) is 10.9. The van der Waals surface area contributed by atoms with Crippen LogP contribution in [0, 0.1) is 46.3 Å². The van der Waals surface area contributed by atoms with Gasteiger partial charge in [-0.05, 0) is 92.3 Å². The van der Waals surface area contributed by atoms with E-state index in [2.05, 4.69) is 33.8 Å². The third-order valence-corrected chi connectivity index (χ3v) is 10.9. The fraction of sp³-hybridized carbons (Fsp3) is 0.889. The fourth-order valence-corrected chi connectivity index (χ4v) is 9.00. The molecular weight excluding hydrogens is 370 g/mol. The van der Waals surface area contributed by atoms with Crippen molar-refractivity contribution >= 4 is 5.71 Å². The number of fused-ring (bicyclic) bond motifs is 5. The Morgan fingerprint density at radius 3 is 2.63 bits per heavy atom. The molecule has 1 heterocycles. The Kier molecular flexibility index (Phi) is 5.26. The van der Waals surface area contributed by atoms with E-state index in [1.807, 2.05) is 0 Å². The molecule has 5 aliphatic rings. The Labute approximate surface area is 183 Å². The number of allylic oxidation sites excluding steroid dienone is 1. The number of aliphatic hydroxyl groups excluding tert-OH is 2. The van der Waals surface area contributed by atoms with Gasteiger partial charge in [0.15, 0.2) is 0 Å². The van der Waals surface area contributed by atoms with Crippen molar-refractivity contribution in [1.82, 2.24) is 0 Å². The highest BCUT2D eigenvalue weighted by Gasteiger charge is 2.61. The molecule has 3 heteroatoms. The summed E-state index contributed by atoms with van der Waals surface area (Å²) in [5, 5.41) is 21.3. The lowest BCUT2D eigenvalue weighted by Gasteiger charge is -2.59. The van der Waals surface area contributed by atoms with Gasteiger partial charge < -0.3 is 10.2 Å². The van der Waals surface area contributed by atoms with Crippen molar-refractivity contribution in [3.8, 4) is 0 Å². The van der Waals surface area contributed by atoms with Crippen molar-refractivity contribution in [3.05, 3.63) is 11.6 Å². The Hall–Kier alpha value is -0.670. The minimum atomic E-state index is -0.389. The first-order chi connectivity index (χ1) is 14.2. The highest BCUT2D eigenvalue weighted by molar-refractivity contribution is 5.87. The first kappa shape index (κ1) is 21.2. The van der Waals surface area contributed by atoms with Crippen molar-refractivity contribution in [3.63, 3.8) is 0 Å². The summed E-state index contributed by atoms with van der Waals surface area (Å²) in [6, 6.07) is 0. The predicted octanol–water partition coefficient (Wildman–Crippen LogP) is 5.40. The van der Waals surface area contributed by atoms with Crippen molar-refractivity contribution in [1.29, 1.82) is 0 Å². The number of aliphatic hydroxyl groups is 2. The second-order valence-corrected chi connectivity index (χ2v) is 12.2. The van der Waals surface area contributed by atoms with Crippen molar-refractivity contribution in [2.75, 3.05) is 6.54 Å². The molecule has 0 aromatic heterocycles. The van der Waals surface area contributed by atoms with E-state index < -0.39 is 0 Å². The molecule has 0 aromatic carbocycles. The molecule has 10 unspecified atom stereocenters. The van der Waals surface area contributed by atoms with Crippen LogP contribution in [-0.4, -0.2) is 34.7 Å². The zero-order chi connectivity index (χ0) is 21.3. The number of aliphatic imine (C=N–C) groups is 1. The Balaban J connectivity index is 1.40. The zero-order valence-electron chi connectivity index (χ0n) is 19.6. The number of hydrogen-bond acceptors (Lipinski definition) is 3. The van der Waals surface area contributed by atoms with Crippen LogP contribution >= 0.6 is 0 Å². The van der Waals surface area contributed by atoms with Gasteiger partial charge in [-0.2, -0.15) is 0 Å². The average Bonchev–Trinajstić information content (AvgIpc) is 3.06. The molecule has 1 aliphatic heterocycles. The van der Waals surface area contributed by atoms with Gasteiger partial charge in [-0.1, -0.05) is 39.3 Å². The second kappa shape index (κ2) is 7.44. The number of hydrogen-bond donors (Lipinski definition) is 2. The summed E-state index contributed by atoms with van der Waals surface area (Å²) in [4.78, 5) is 5.04. The van der Waals surface area contributed by atoms with Crippen LogP contribution < -0.4 is 0 Å². The van der Waals surface area contributed by atoms with Crippen LogP contribution in [0.1, 0.15) is 85.5 Å². The van der Waals surface area contributed by atoms with Gasteiger partial charge >= 0.3 is 0 Å². The summed E-state index contributed by atoms with van der Waals surface area (Å²) < 4.78 is 0. The molecule has 0 saturated heterocycles. The molecular formula is C27H43NO2. The average molecular weight is 414 g/mol. The molecule has 2 N–H and O–H groups in total. The van der Waals surface area contributed by atoms with Crippen LogP contribution in [0.5, 0.6) is 0 Å². The Morgan fingerprint density at radius 2 is 1.90 bits per heavy atom. The molecule has 0 spiro atoms. The summed E-state index contributed by atoms with van der Waals surface area (Å²) in [6.07, 6.45) is 12.0. The van der Waals surface area contributed by atoms with Crippen molar-refractivity contribution in [2.45, 2.75) is 97.7 Å². The first-order valence-electron chi connectivity index (χ1n) is 12.8. The summed E-state index contributed by atoms with van der Waals surface area (Å²) in [5.41, 5.74) is 3.17. The second-order valence-electron chi connectivity index (χ2n) is 12.2. The van der Waals surface area contributed by atoms with Gasteiger partial charge in [0.2, 0.25) is 0 Å². The van der Waals surface area contributed by atoms with Gasteiger partial charge in [0.1, 0.15) is 0 Å². The lowest BCUT2D eigenvalue weighted by atomic mass is 9.46. The monoisotopic (exact) mass is 413 g/mol. The molecule has 0 aromatic rings. The van der Waals surface area contributed by atoms with Gasteiger partial charge in [0.05, 0.1) is 12.2 Å². The van der Waals surface area contributed by atoms with Crippen LogP contribution in [0.15, 0.2) is 16.6 Å². The smallest absolute Gasteiger partial charge is 0.0658 e. The maximum Gasteiger partial charge on any atom is 0.0658 e. The topological polar surface area (TPSA) is 52.8 Å². The summed E-state index contributed by atoms with van der Waals surface area (Å²) in [5.74, 6) is 4.22. The lowest BCUT2D eigenvalue weighted by Crippen LogP contribution is -2.55. The van der Waals surface area contributed by atoms with E-state index in [4.69, 9.17) is 4.99 Å². The SMILES string of the molecule is CC1CCC(C(C)C2CCC3C4CC=C5CC(O)CC(O)C5(C)C4CCC23C)=NC1. The standard InChI is InChI=1S/C27H43NO2/c1-16-5-10-24(28-15-16)17(2)21-8-9-22-20-7-6-18-13-19(29)14-25(30)27(18,4)23(20)11-12-26(21,22)3/h6,16-17,19-23,25,29-30H,5,7-15H2,1-4H3. The van der Waals surface area contributed by atoms with Crippen LogP contribution in [0.25, 0.3) is 0 Å². The minimum absolute atomic E-state index is 0.114. The van der Waals surface area contributed by atoms with Gasteiger partial charge in [-0.25, -0.2) is 0 Å². The molecule has 3 nitrogen and oxygen atoms in total. The highest BCUT2D eigenvalue weighted by atomic mass is 16.3. The molecule has 5 rings (SSSR count). The zero-order valence-corrected chi connectivity index (χ0v) is 19.6. The number of rotatable bonds is 2. The summed E-state index contributed by atoms with van der Waals surface area (Å²) in [6.45, 7) is 10.8. The van der Waals surface area contributed by atoms with E-state index in [1.54, 1.807) is 0 Å². The maximum absolute atomic E-state index is 11.1. The van der Waals surface area contributed by atoms with Crippen molar-refractivity contribution < 1.29 is 10.2 Å². The molecule has 3 saturated carbocycles. The molecule has 4 aliphatic carbocycles. The first-order valence-corrected chi connectivity index (χ1v) is 12.8. The van der Waals surface area contributed by atoms with E-state index in [1.165, 1.54) is 49.8 Å². The molecule has 0 bridgehead atoms. The third kappa shape index (κ3) is 3.01. The van der Waals surface area contributed by atoms with Crippen molar-refractivity contribution in [2.24, 2.45) is 51.3 Å². The van der Waals surface area contributed by atoms with E-state index in [0.29, 0.717) is 29.6 Å². The quantitative estimate of drug-likeness (QED) is 0.595. The van der Waals surface area contributed by atoms with Gasteiger partial charge in [0.25, 0.3) is 0 Å². The highest BCUT2D eigenvalue weighted by Crippen LogP contribution is 2.67. The molecule has 168 valence electrons. The minimum Gasteiger partial charge on any atom is -0.393 e. The largest absolute Gasteiger partial charge is 0.393 e. The molecule has 30 heavy (non-hydrogen) atoms. The predicted molar refractivity (Wildman–Crippen MR) is 122 cm³/mol. The Bertz CT molecular complexity index is 743. The lowest BCUT2D eigenvalue weighted by molar-refractivity contribution is -0.106. The van der Waals surface area contributed by atoms with Crippen LogP contribution in [0.2, 0.25) is 0 Å².